The Morgan fingerprint density at radius 1 is 1.62 bits per heavy atom. The smallest absolute Gasteiger partial charge is 0.328 e. The van der Waals surface area contributed by atoms with Crippen molar-refractivity contribution in [1.82, 2.24) is 0 Å². The maximum Gasteiger partial charge on any atom is 0.328 e. The van der Waals surface area contributed by atoms with Gasteiger partial charge in [-0.15, -0.1) is 11.6 Å². The molecule has 0 aliphatic heterocycles. The lowest BCUT2D eigenvalue weighted by Gasteiger charge is -2.07. The first kappa shape index (κ1) is 10.5. The summed E-state index contributed by atoms with van der Waals surface area (Å²) in [4.78, 5) is 11.1. The predicted octanol–water partition coefficient (Wildman–Crippen LogP) is 2.90. The van der Waals surface area contributed by atoms with Gasteiger partial charge in [0.1, 0.15) is 0 Å². The molecule has 0 aromatic heterocycles. The second kappa shape index (κ2) is 4.63. The Balaban J connectivity index is 2.88. The third-order valence-corrected chi connectivity index (χ3v) is 2.47. The average molecular weight is 264 g/mol. The highest BCUT2D eigenvalue weighted by molar-refractivity contribution is 9.10. The van der Waals surface area contributed by atoms with Gasteiger partial charge in [0, 0.05) is 4.47 Å². The Bertz CT molecular complexity index is 314. The molecule has 0 aliphatic rings. The first-order valence-electron chi connectivity index (χ1n) is 3.62. The number of alkyl halides is 1. The lowest BCUT2D eigenvalue weighted by molar-refractivity contribution is -0.140. The molecule has 0 spiro atoms. The molecule has 0 fully saturated rings. The van der Waals surface area contributed by atoms with E-state index in [9.17, 15) is 4.79 Å². The molecule has 0 amide bonds. The van der Waals surface area contributed by atoms with E-state index in [1.165, 1.54) is 7.11 Å². The lowest BCUT2D eigenvalue weighted by atomic mass is 10.1. The Labute approximate surface area is 90.0 Å². The van der Waals surface area contributed by atoms with E-state index < -0.39 is 11.3 Å². The number of rotatable bonds is 2. The fraction of sp³-hybridized carbons (Fsp3) is 0.222. The molecule has 1 rings (SSSR count). The van der Waals surface area contributed by atoms with Gasteiger partial charge in [-0.2, -0.15) is 0 Å². The van der Waals surface area contributed by atoms with Gasteiger partial charge in [0.15, 0.2) is 5.38 Å². The molecule has 0 saturated carbocycles. The van der Waals surface area contributed by atoms with Crippen LogP contribution in [0.15, 0.2) is 28.7 Å². The molecule has 1 aromatic carbocycles. The fourth-order valence-corrected chi connectivity index (χ4v) is 1.55. The van der Waals surface area contributed by atoms with Gasteiger partial charge in [-0.05, 0) is 17.7 Å². The van der Waals surface area contributed by atoms with Crippen molar-refractivity contribution in [3.63, 3.8) is 0 Å². The highest BCUT2D eigenvalue weighted by atomic mass is 79.9. The van der Waals surface area contributed by atoms with Gasteiger partial charge in [0.2, 0.25) is 0 Å². The highest BCUT2D eigenvalue weighted by Crippen LogP contribution is 2.24. The maximum absolute atomic E-state index is 11.1. The molecule has 0 bridgehead atoms. The zero-order valence-electron chi connectivity index (χ0n) is 6.96. The van der Waals surface area contributed by atoms with Gasteiger partial charge in [-0.25, -0.2) is 0 Å². The topological polar surface area (TPSA) is 26.3 Å². The van der Waals surface area contributed by atoms with Gasteiger partial charge >= 0.3 is 5.97 Å². The van der Waals surface area contributed by atoms with Gasteiger partial charge in [0.05, 0.1) is 7.11 Å². The van der Waals surface area contributed by atoms with Crippen LogP contribution in [0.5, 0.6) is 0 Å². The number of halogens is 2. The molecule has 1 unspecified atom stereocenters. The van der Waals surface area contributed by atoms with Crippen LogP contribution in [0.1, 0.15) is 10.9 Å². The first-order chi connectivity index (χ1) is 6.15. The van der Waals surface area contributed by atoms with Crippen LogP contribution >= 0.6 is 27.5 Å². The summed E-state index contributed by atoms with van der Waals surface area (Å²) in [6, 6.07) is 7.25. The number of hydrogen-bond acceptors (Lipinski definition) is 2. The maximum atomic E-state index is 11.1. The number of carbonyl (C=O) groups excluding carboxylic acids is 1. The standard InChI is InChI=1S/C9H8BrClO2/c1-13-9(12)8(11)6-3-2-4-7(10)5-6/h2-5,8H,1H3. The molecule has 4 heteroatoms. The van der Waals surface area contributed by atoms with Crippen molar-refractivity contribution in [1.29, 1.82) is 0 Å². The van der Waals surface area contributed by atoms with Crippen LogP contribution in [-0.4, -0.2) is 13.1 Å². The number of esters is 1. The third kappa shape index (κ3) is 2.71. The van der Waals surface area contributed by atoms with Crippen LogP contribution in [0.2, 0.25) is 0 Å². The van der Waals surface area contributed by atoms with Gasteiger partial charge in [0.25, 0.3) is 0 Å². The summed E-state index contributed by atoms with van der Waals surface area (Å²) in [6.45, 7) is 0. The van der Waals surface area contributed by atoms with Crippen LogP contribution in [0.3, 0.4) is 0 Å². The van der Waals surface area contributed by atoms with Crippen molar-refractivity contribution < 1.29 is 9.53 Å². The quantitative estimate of drug-likeness (QED) is 0.606. The molecular formula is C9H8BrClO2. The molecule has 0 saturated heterocycles. The van der Waals surface area contributed by atoms with Gasteiger partial charge in [-0.1, -0.05) is 28.1 Å². The Morgan fingerprint density at radius 2 is 2.31 bits per heavy atom. The van der Waals surface area contributed by atoms with Crippen molar-refractivity contribution in [2.45, 2.75) is 5.38 Å². The summed E-state index contributed by atoms with van der Waals surface area (Å²) >= 11 is 9.12. The molecular weight excluding hydrogens is 255 g/mol. The van der Waals surface area contributed by atoms with Crippen molar-refractivity contribution >= 4 is 33.5 Å². The first-order valence-corrected chi connectivity index (χ1v) is 4.85. The normalized spacial score (nSPS) is 12.2. The van der Waals surface area contributed by atoms with E-state index in [-0.39, 0.29) is 0 Å². The summed E-state index contributed by atoms with van der Waals surface area (Å²) < 4.78 is 5.41. The minimum atomic E-state index is -0.734. The Kier molecular flexibility index (Phi) is 3.75. The number of methoxy groups -OCH3 is 1. The van der Waals surface area contributed by atoms with Crippen LogP contribution in [0, 0.1) is 0 Å². The van der Waals surface area contributed by atoms with E-state index in [0.717, 1.165) is 10.0 Å². The molecule has 1 aromatic rings. The predicted molar refractivity (Wildman–Crippen MR) is 54.8 cm³/mol. The molecule has 1 atom stereocenters. The molecule has 0 heterocycles. The number of ether oxygens (including phenoxy) is 1. The Hall–Kier alpha value is -0.540. The summed E-state index contributed by atoms with van der Waals surface area (Å²) in [5, 5.41) is -0.734. The minimum Gasteiger partial charge on any atom is -0.468 e. The third-order valence-electron chi connectivity index (χ3n) is 1.55. The molecule has 0 aliphatic carbocycles. The van der Waals surface area contributed by atoms with E-state index in [2.05, 4.69) is 20.7 Å². The molecule has 0 N–H and O–H groups in total. The molecule has 70 valence electrons. The molecule has 2 nitrogen and oxygen atoms in total. The molecule has 0 radical (unpaired) electrons. The van der Waals surface area contributed by atoms with Gasteiger partial charge in [-0.3, -0.25) is 4.79 Å². The zero-order chi connectivity index (χ0) is 9.84. The van der Waals surface area contributed by atoms with Crippen LogP contribution in [0.4, 0.5) is 0 Å². The SMILES string of the molecule is COC(=O)C(Cl)c1cccc(Br)c1. The van der Waals surface area contributed by atoms with E-state index >= 15 is 0 Å². The van der Waals surface area contributed by atoms with E-state index in [1.807, 2.05) is 12.1 Å². The minimum absolute atomic E-state index is 0.445. The zero-order valence-corrected chi connectivity index (χ0v) is 9.30. The molecule has 13 heavy (non-hydrogen) atoms. The second-order valence-corrected chi connectivity index (χ2v) is 3.79. The van der Waals surface area contributed by atoms with Crippen molar-refractivity contribution in [3.05, 3.63) is 34.3 Å². The lowest BCUT2D eigenvalue weighted by Crippen LogP contribution is -2.08. The highest BCUT2D eigenvalue weighted by Gasteiger charge is 2.17. The van der Waals surface area contributed by atoms with E-state index in [4.69, 9.17) is 11.6 Å². The summed E-state index contributed by atoms with van der Waals surface area (Å²) in [5.74, 6) is -0.445. The summed E-state index contributed by atoms with van der Waals surface area (Å²) in [6.07, 6.45) is 0. The number of hydrogen-bond donors (Lipinski definition) is 0. The summed E-state index contributed by atoms with van der Waals surface area (Å²) in [5.41, 5.74) is 0.725. The number of benzene rings is 1. The van der Waals surface area contributed by atoms with Crippen LogP contribution in [0.25, 0.3) is 0 Å². The van der Waals surface area contributed by atoms with Crippen molar-refractivity contribution in [2.24, 2.45) is 0 Å². The second-order valence-electron chi connectivity index (χ2n) is 2.44. The van der Waals surface area contributed by atoms with Crippen molar-refractivity contribution in [2.75, 3.05) is 7.11 Å². The van der Waals surface area contributed by atoms with Gasteiger partial charge < -0.3 is 4.74 Å². The summed E-state index contributed by atoms with van der Waals surface area (Å²) in [7, 11) is 1.32. The largest absolute Gasteiger partial charge is 0.468 e. The van der Waals surface area contributed by atoms with Crippen molar-refractivity contribution in [3.8, 4) is 0 Å². The van der Waals surface area contributed by atoms with E-state index in [1.54, 1.807) is 12.1 Å². The number of carbonyl (C=O) groups is 1. The average Bonchev–Trinajstić information content (AvgIpc) is 2.15. The van der Waals surface area contributed by atoms with E-state index in [0.29, 0.717) is 0 Å². The Morgan fingerprint density at radius 3 is 2.85 bits per heavy atom. The van der Waals surface area contributed by atoms with Crippen LogP contribution < -0.4 is 0 Å². The monoisotopic (exact) mass is 262 g/mol. The van der Waals surface area contributed by atoms with Crippen LogP contribution in [-0.2, 0) is 9.53 Å². The fourth-order valence-electron chi connectivity index (χ4n) is 0.904.